The first kappa shape index (κ1) is 23.2. The summed E-state index contributed by atoms with van der Waals surface area (Å²) < 4.78 is 37.5. The maximum Gasteiger partial charge on any atom is 0.490 e. The van der Waals surface area contributed by atoms with Gasteiger partial charge in [-0.15, -0.1) is 0 Å². The number of hydroxylamine groups is 2. The number of carbonyl (C=O) groups is 2. The number of carboxylic acid groups (broad SMARTS) is 1. The molecule has 0 aliphatic carbocycles. The molecule has 1 N–H and O–H groups in total. The molecule has 3 fully saturated rings. The molecular weight excluding hydrogens is 421 g/mol. The summed E-state index contributed by atoms with van der Waals surface area (Å²) in [5, 5.41) is 8.68. The minimum absolute atomic E-state index is 0.0957. The highest BCUT2D eigenvalue weighted by molar-refractivity contribution is 5.75. The van der Waals surface area contributed by atoms with Crippen LogP contribution in [-0.4, -0.2) is 77.6 Å². The number of carbonyl (C=O) groups excluding carboxylic acids is 1. The number of amides is 1. The summed E-state index contributed by atoms with van der Waals surface area (Å²) in [4.78, 5) is 37.8. The molecule has 0 unspecified atom stereocenters. The zero-order valence-corrected chi connectivity index (χ0v) is 16.8. The van der Waals surface area contributed by atoms with Crippen LogP contribution in [-0.2, 0) is 19.2 Å². The van der Waals surface area contributed by atoms with Crippen LogP contribution >= 0.6 is 0 Å². The van der Waals surface area contributed by atoms with Gasteiger partial charge in [0.1, 0.15) is 0 Å². The number of hydrogen-bond donors (Lipinski definition) is 1. The molecule has 0 saturated carbocycles. The lowest BCUT2D eigenvalue weighted by atomic mass is 9.81. The van der Waals surface area contributed by atoms with Gasteiger partial charge in [-0.25, -0.2) is 19.8 Å². The van der Waals surface area contributed by atoms with Gasteiger partial charge in [-0.1, -0.05) is 0 Å². The number of aliphatic carboxylic acids is 1. The third kappa shape index (κ3) is 6.26. The number of alkyl halides is 3. The third-order valence-electron chi connectivity index (χ3n) is 5.56. The van der Waals surface area contributed by atoms with Crippen LogP contribution < -0.4 is 4.90 Å². The van der Waals surface area contributed by atoms with E-state index in [0.717, 1.165) is 38.5 Å². The molecule has 9 nitrogen and oxygen atoms in total. The van der Waals surface area contributed by atoms with Crippen LogP contribution in [0.5, 0.6) is 0 Å². The van der Waals surface area contributed by atoms with Crippen molar-refractivity contribution < 1.29 is 37.4 Å². The highest BCUT2D eigenvalue weighted by atomic mass is 19.4. The average Bonchev–Trinajstić information content (AvgIpc) is 3.20. The molecule has 4 rings (SSSR count). The van der Waals surface area contributed by atoms with Crippen molar-refractivity contribution in [1.82, 2.24) is 15.0 Å². The lowest BCUT2D eigenvalue weighted by molar-refractivity contribution is -0.199. The quantitative estimate of drug-likeness (QED) is 0.749. The van der Waals surface area contributed by atoms with Crippen molar-refractivity contribution in [2.24, 2.45) is 17.8 Å². The van der Waals surface area contributed by atoms with E-state index in [9.17, 15) is 18.0 Å². The highest BCUT2D eigenvalue weighted by Crippen LogP contribution is 2.37. The zero-order valence-electron chi connectivity index (χ0n) is 16.8. The molecule has 3 atom stereocenters. The number of ether oxygens (including phenoxy) is 1. The lowest BCUT2D eigenvalue weighted by Gasteiger charge is -2.34. The smallest absolute Gasteiger partial charge is 0.475 e. The van der Waals surface area contributed by atoms with E-state index in [4.69, 9.17) is 19.5 Å². The standard InChI is InChI=1S/C17H24N4O3.C2HF3O2/c22-16(21-6-1-2-7-24-21)8-13-11-23-12-14-9-20(10-15(13)14)17-18-4-3-5-19-17;3-2(4,5)1(6)7/h3-5,13-15H,1-2,6-12H2;(H,6,7)/t13-,14-,15+;/m1./s1. The molecule has 0 aromatic carbocycles. The molecule has 3 saturated heterocycles. The minimum Gasteiger partial charge on any atom is -0.475 e. The van der Waals surface area contributed by atoms with Gasteiger partial charge in [-0.05, 0) is 30.7 Å². The van der Waals surface area contributed by atoms with Crippen LogP contribution in [0.3, 0.4) is 0 Å². The summed E-state index contributed by atoms with van der Waals surface area (Å²) in [5.74, 6) is -0.739. The number of fused-ring (bicyclic) bond motifs is 1. The number of aromatic nitrogens is 2. The topological polar surface area (TPSA) is 105 Å². The van der Waals surface area contributed by atoms with Gasteiger partial charge in [-0.2, -0.15) is 13.2 Å². The van der Waals surface area contributed by atoms with Gasteiger partial charge in [0.2, 0.25) is 11.9 Å². The van der Waals surface area contributed by atoms with Crippen LogP contribution in [0.15, 0.2) is 18.5 Å². The van der Waals surface area contributed by atoms with Crippen LogP contribution in [0.25, 0.3) is 0 Å². The molecule has 3 aliphatic rings. The van der Waals surface area contributed by atoms with E-state index < -0.39 is 12.1 Å². The van der Waals surface area contributed by atoms with Gasteiger partial charge in [0, 0.05) is 44.4 Å². The fourth-order valence-corrected chi connectivity index (χ4v) is 4.05. The van der Waals surface area contributed by atoms with Crippen molar-refractivity contribution >= 4 is 17.8 Å². The molecule has 1 amide bonds. The second-order valence-corrected chi connectivity index (χ2v) is 7.72. The van der Waals surface area contributed by atoms with Gasteiger partial charge >= 0.3 is 12.1 Å². The maximum atomic E-state index is 12.5. The highest BCUT2D eigenvalue weighted by Gasteiger charge is 2.43. The van der Waals surface area contributed by atoms with Crippen LogP contribution in [0.4, 0.5) is 19.1 Å². The monoisotopic (exact) mass is 446 g/mol. The van der Waals surface area contributed by atoms with Crippen molar-refractivity contribution in [1.29, 1.82) is 0 Å². The van der Waals surface area contributed by atoms with E-state index >= 15 is 0 Å². The summed E-state index contributed by atoms with van der Waals surface area (Å²) in [6.07, 6.45) is 1.03. The molecule has 0 bridgehead atoms. The fraction of sp³-hybridized carbons (Fsp3) is 0.684. The Bertz CT molecular complexity index is 746. The second kappa shape index (κ2) is 10.2. The predicted octanol–water partition coefficient (Wildman–Crippen LogP) is 1.75. The number of halogens is 3. The molecule has 4 heterocycles. The van der Waals surface area contributed by atoms with Crippen LogP contribution in [0.2, 0.25) is 0 Å². The molecule has 12 heteroatoms. The second-order valence-electron chi connectivity index (χ2n) is 7.72. The average molecular weight is 446 g/mol. The number of carboxylic acids is 1. The molecule has 0 radical (unpaired) electrons. The molecule has 1 aromatic heterocycles. The van der Waals surface area contributed by atoms with Crippen LogP contribution in [0.1, 0.15) is 19.3 Å². The van der Waals surface area contributed by atoms with E-state index in [1.165, 1.54) is 0 Å². The summed E-state index contributed by atoms with van der Waals surface area (Å²) in [5.41, 5.74) is 0. The Hall–Kier alpha value is -2.47. The van der Waals surface area contributed by atoms with E-state index in [1.54, 1.807) is 17.5 Å². The van der Waals surface area contributed by atoms with Crippen molar-refractivity contribution in [3.8, 4) is 0 Å². The van der Waals surface area contributed by atoms with Crippen molar-refractivity contribution in [3.63, 3.8) is 0 Å². The molecule has 1 aromatic rings. The van der Waals surface area contributed by atoms with Gasteiger partial charge in [-0.3, -0.25) is 9.63 Å². The first-order valence-electron chi connectivity index (χ1n) is 10.1. The largest absolute Gasteiger partial charge is 0.490 e. The SMILES string of the molecule is O=C(C[C@@H]1COC[C@H]2CN(c3ncccn3)C[C@@H]12)N1CCCCO1.O=C(O)C(F)(F)F. The Balaban J connectivity index is 0.000000339. The van der Waals surface area contributed by atoms with E-state index in [2.05, 4.69) is 14.9 Å². The van der Waals surface area contributed by atoms with E-state index in [1.807, 2.05) is 6.07 Å². The number of rotatable bonds is 3. The Labute approximate surface area is 177 Å². The Morgan fingerprint density at radius 1 is 1.16 bits per heavy atom. The summed E-state index contributed by atoms with van der Waals surface area (Å²) >= 11 is 0. The maximum absolute atomic E-state index is 12.5. The van der Waals surface area contributed by atoms with Gasteiger partial charge in [0.05, 0.1) is 19.8 Å². The minimum atomic E-state index is -5.08. The molecule has 172 valence electrons. The van der Waals surface area contributed by atoms with Gasteiger partial charge in [0.25, 0.3) is 0 Å². The lowest BCUT2D eigenvalue weighted by Crippen LogP contribution is -2.41. The van der Waals surface area contributed by atoms with E-state index in [-0.39, 0.29) is 11.8 Å². The summed E-state index contributed by atoms with van der Waals surface area (Å²) in [6, 6.07) is 1.83. The van der Waals surface area contributed by atoms with Gasteiger partial charge < -0.3 is 14.7 Å². The number of anilines is 1. The zero-order chi connectivity index (χ0) is 22.4. The van der Waals surface area contributed by atoms with E-state index in [0.29, 0.717) is 38.0 Å². The first-order chi connectivity index (χ1) is 14.8. The summed E-state index contributed by atoms with van der Waals surface area (Å²) in [7, 11) is 0. The third-order valence-corrected chi connectivity index (χ3v) is 5.56. The van der Waals surface area contributed by atoms with Gasteiger partial charge in [0.15, 0.2) is 0 Å². The van der Waals surface area contributed by atoms with Crippen LogP contribution in [0, 0.1) is 17.8 Å². The van der Waals surface area contributed by atoms with Crippen molar-refractivity contribution in [3.05, 3.63) is 18.5 Å². The van der Waals surface area contributed by atoms with Crippen molar-refractivity contribution in [2.45, 2.75) is 25.4 Å². The Morgan fingerprint density at radius 2 is 1.87 bits per heavy atom. The Kier molecular flexibility index (Phi) is 7.65. The molecule has 31 heavy (non-hydrogen) atoms. The number of hydrogen-bond acceptors (Lipinski definition) is 7. The predicted molar refractivity (Wildman–Crippen MR) is 101 cm³/mol. The molecule has 0 spiro atoms. The Morgan fingerprint density at radius 3 is 2.48 bits per heavy atom. The van der Waals surface area contributed by atoms with Crippen molar-refractivity contribution in [2.75, 3.05) is 44.4 Å². The summed E-state index contributed by atoms with van der Waals surface area (Å²) in [6.45, 7) is 4.59. The molecule has 3 aliphatic heterocycles. The molecular formula is C19H25F3N4O5. The first-order valence-corrected chi connectivity index (χ1v) is 10.1. The fourth-order valence-electron chi connectivity index (χ4n) is 4.05. The normalized spacial score (nSPS) is 26.0. The number of nitrogens with zero attached hydrogens (tertiary/aromatic N) is 4.